The maximum Gasteiger partial charge on any atom is 0.388 e. The predicted octanol–water partition coefficient (Wildman–Crippen LogP) is 6.47. The third-order valence-electron chi connectivity index (χ3n) is 4.27. The van der Waals surface area contributed by atoms with E-state index in [1.54, 1.807) is 31.3 Å². The monoisotopic (exact) mass is 469 g/mol. The molecule has 5 nitrogen and oxygen atoms in total. The van der Waals surface area contributed by atoms with Gasteiger partial charge >= 0.3 is 6.18 Å². The summed E-state index contributed by atoms with van der Waals surface area (Å²) in [7, 11) is 0. The van der Waals surface area contributed by atoms with Gasteiger partial charge < -0.3 is 10.4 Å². The Hall–Kier alpha value is -3.20. The maximum absolute atomic E-state index is 14.5. The van der Waals surface area contributed by atoms with Crippen LogP contribution in [0.4, 0.5) is 23.2 Å². The third-order valence-corrected chi connectivity index (χ3v) is 4.56. The van der Waals surface area contributed by atoms with Gasteiger partial charge in [-0.1, -0.05) is 24.6 Å². The number of nitrogens with zero attached hydrogens (tertiary/aromatic N) is 2. The molecule has 0 aliphatic rings. The second kappa shape index (κ2) is 10.4. The minimum absolute atomic E-state index is 0.106. The highest BCUT2D eigenvalue weighted by Crippen LogP contribution is 2.30. The fourth-order valence-electron chi connectivity index (χ4n) is 2.42. The maximum atomic E-state index is 14.5. The molecule has 2 heterocycles. The van der Waals surface area contributed by atoms with Gasteiger partial charge in [0.1, 0.15) is 11.6 Å². The lowest BCUT2D eigenvalue weighted by molar-refractivity contribution is -0.130. The molecule has 3 rings (SSSR count). The number of aromatic hydroxyl groups is 1. The Bertz CT molecular complexity index is 1080. The lowest BCUT2D eigenvalue weighted by Crippen LogP contribution is -2.14. The van der Waals surface area contributed by atoms with E-state index in [2.05, 4.69) is 15.3 Å². The average molecular weight is 470 g/mol. The lowest BCUT2D eigenvalue weighted by Gasteiger charge is -2.12. The van der Waals surface area contributed by atoms with Crippen LogP contribution >= 0.6 is 11.6 Å². The van der Waals surface area contributed by atoms with Crippen LogP contribution in [0.15, 0.2) is 42.7 Å². The fraction of sp³-hybridized carbons (Fsp3) is 0.227. The second-order valence-corrected chi connectivity index (χ2v) is 7.14. The molecule has 0 aliphatic carbocycles. The topological polar surface area (TPSA) is 75.1 Å². The second-order valence-electron chi connectivity index (χ2n) is 6.79. The van der Waals surface area contributed by atoms with Crippen molar-refractivity contribution >= 4 is 23.2 Å². The van der Waals surface area contributed by atoms with Crippen molar-refractivity contribution in [1.82, 2.24) is 9.97 Å². The van der Waals surface area contributed by atoms with Crippen LogP contribution in [0.25, 0.3) is 11.3 Å². The minimum atomic E-state index is -3.96. The summed E-state index contributed by atoms with van der Waals surface area (Å²) in [5.41, 5.74) is 2.19. The van der Waals surface area contributed by atoms with E-state index in [9.17, 15) is 27.5 Å². The Kier molecular flexibility index (Phi) is 8.15. The number of aryl methyl sites for hydroxylation is 2. The number of aromatic nitrogens is 2. The van der Waals surface area contributed by atoms with E-state index in [0.717, 1.165) is 18.6 Å². The molecule has 0 saturated heterocycles. The van der Waals surface area contributed by atoms with Crippen LogP contribution in [0.5, 0.6) is 5.75 Å². The van der Waals surface area contributed by atoms with Crippen LogP contribution in [-0.4, -0.2) is 27.2 Å². The van der Waals surface area contributed by atoms with E-state index in [1.807, 2.05) is 6.92 Å². The normalized spacial score (nSPS) is 10.9. The highest BCUT2D eigenvalue weighted by atomic mass is 35.5. The Morgan fingerprint density at radius 3 is 2.34 bits per heavy atom. The van der Waals surface area contributed by atoms with Crippen LogP contribution in [0.3, 0.4) is 0 Å². The van der Waals surface area contributed by atoms with E-state index in [1.165, 1.54) is 12.3 Å². The Labute approximate surface area is 187 Å². The number of anilines is 1. The standard InChI is InChI=1S/C19H15ClFN3O2.C3H5F3/c1-10-3-4-15(23-9-10)12-8-16(25)13(7-14(12)21)19(26)24-17-11(2)5-6-22-18(17)20;1-2-3(4,5)6/h3-9,25H,1-2H3,(H,24,26);2H2,1H3. The number of halogens is 5. The molecule has 0 aliphatic heterocycles. The van der Waals surface area contributed by atoms with Crippen LogP contribution in [0.2, 0.25) is 5.15 Å². The molecule has 0 fully saturated rings. The summed E-state index contributed by atoms with van der Waals surface area (Å²) in [5.74, 6) is -1.72. The average Bonchev–Trinajstić information content (AvgIpc) is 2.73. The summed E-state index contributed by atoms with van der Waals surface area (Å²) in [4.78, 5) is 20.5. The molecule has 2 N–H and O–H groups in total. The number of benzene rings is 1. The van der Waals surface area contributed by atoms with Crippen molar-refractivity contribution in [1.29, 1.82) is 0 Å². The highest BCUT2D eigenvalue weighted by molar-refractivity contribution is 6.33. The van der Waals surface area contributed by atoms with Gasteiger partial charge in [0, 0.05) is 24.4 Å². The number of rotatable bonds is 3. The Morgan fingerprint density at radius 2 is 1.81 bits per heavy atom. The zero-order valence-electron chi connectivity index (χ0n) is 17.4. The first kappa shape index (κ1) is 25.1. The minimum Gasteiger partial charge on any atom is -0.507 e. The number of amides is 1. The van der Waals surface area contributed by atoms with Gasteiger partial charge in [-0.05, 0) is 49.2 Å². The third kappa shape index (κ3) is 6.65. The summed E-state index contributed by atoms with van der Waals surface area (Å²) >= 11 is 5.98. The molecular formula is C22H20ClF4N3O2. The number of carbonyl (C=O) groups is 1. The van der Waals surface area contributed by atoms with E-state index in [4.69, 9.17) is 11.6 Å². The summed E-state index contributed by atoms with van der Waals surface area (Å²) in [6.45, 7) is 4.69. The highest BCUT2D eigenvalue weighted by Gasteiger charge is 2.22. The molecule has 32 heavy (non-hydrogen) atoms. The van der Waals surface area contributed by atoms with Crippen molar-refractivity contribution in [3.8, 4) is 17.0 Å². The molecule has 0 saturated carbocycles. The predicted molar refractivity (Wildman–Crippen MR) is 114 cm³/mol. The van der Waals surface area contributed by atoms with E-state index in [-0.39, 0.29) is 22.0 Å². The van der Waals surface area contributed by atoms with Gasteiger partial charge in [0.15, 0.2) is 5.15 Å². The van der Waals surface area contributed by atoms with Gasteiger partial charge in [-0.2, -0.15) is 13.2 Å². The zero-order valence-corrected chi connectivity index (χ0v) is 18.1. The number of carbonyl (C=O) groups excluding carboxylic acids is 1. The van der Waals surface area contributed by atoms with Crippen molar-refractivity contribution in [2.75, 3.05) is 5.32 Å². The van der Waals surface area contributed by atoms with Crippen LogP contribution in [0.1, 0.15) is 34.8 Å². The van der Waals surface area contributed by atoms with Crippen LogP contribution in [-0.2, 0) is 0 Å². The summed E-state index contributed by atoms with van der Waals surface area (Å²) in [6.07, 6.45) is -1.58. The first-order chi connectivity index (χ1) is 14.9. The van der Waals surface area contributed by atoms with Crippen LogP contribution in [0, 0.1) is 19.7 Å². The van der Waals surface area contributed by atoms with Gasteiger partial charge in [-0.3, -0.25) is 9.78 Å². The molecule has 0 radical (unpaired) electrons. The fourth-order valence-corrected chi connectivity index (χ4v) is 2.68. The number of alkyl halides is 3. The van der Waals surface area contributed by atoms with E-state index >= 15 is 0 Å². The molecule has 0 spiro atoms. The summed E-state index contributed by atoms with van der Waals surface area (Å²) < 4.78 is 46.9. The quantitative estimate of drug-likeness (QED) is 0.340. The van der Waals surface area contributed by atoms with E-state index < -0.39 is 24.3 Å². The number of hydrogen-bond donors (Lipinski definition) is 2. The van der Waals surface area contributed by atoms with Crippen molar-refractivity contribution < 1.29 is 27.5 Å². The summed E-state index contributed by atoms with van der Waals surface area (Å²) in [6, 6.07) is 7.26. The van der Waals surface area contributed by atoms with Gasteiger partial charge in [0.25, 0.3) is 5.91 Å². The molecule has 0 atom stereocenters. The lowest BCUT2D eigenvalue weighted by atomic mass is 10.0. The Balaban J connectivity index is 0.000000534. The summed E-state index contributed by atoms with van der Waals surface area (Å²) in [5, 5.41) is 12.9. The molecule has 3 aromatic rings. The molecule has 0 bridgehead atoms. The molecular weight excluding hydrogens is 450 g/mol. The number of phenols is 1. The SMILES string of the molecule is CCC(F)(F)F.Cc1ccc(-c2cc(O)c(C(=O)Nc3c(C)ccnc3Cl)cc2F)nc1. The molecule has 1 amide bonds. The van der Waals surface area contributed by atoms with E-state index in [0.29, 0.717) is 16.9 Å². The van der Waals surface area contributed by atoms with Crippen molar-refractivity contribution in [2.24, 2.45) is 0 Å². The first-order valence-corrected chi connectivity index (χ1v) is 9.75. The van der Waals surface area contributed by atoms with Gasteiger partial charge in [0.2, 0.25) is 0 Å². The number of phenolic OH excluding ortho intramolecular Hbond substituents is 1. The number of hydrogen-bond acceptors (Lipinski definition) is 4. The molecule has 0 unspecified atom stereocenters. The van der Waals surface area contributed by atoms with Crippen LogP contribution < -0.4 is 5.32 Å². The van der Waals surface area contributed by atoms with Crippen molar-refractivity contribution in [2.45, 2.75) is 33.4 Å². The van der Waals surface area contributed by atoms with Gasteiger partial charge in [-0.15, -0.1) is 0 Å². The Morgan fingerprint density at radius 1 is 1.16 bits per heavy atom. The van der Waals surface area contributed by atoms with Crippen molar-refractivity contribution in [3.63, 3.8) is 0 Å². The smallest absolute Gasteiger partial charge is 0.388 e. The van der Waals surface area contributed by atoms with Gasteiger partial charge in [0.05, 0.1) is 16.9 Å². The zero-order chi connectivity index (χ0) is 24.1. The van der Waals surface area contributed by atoms with Crippen molar-refractivity contribution in [3.05, 3.63) is 70.4 Å². The van der Waals surface area contributed by atoms with Gasteiger partial charge in [-0.25, -0.2) is 9.37 Å². The number of nitrogens with one attached hydrogen (secondary N) is 1. The molecule has 1 aromatic carbocycles. The first-order valence-electron chi connectivity index (χ1n) is 9.37. The largest absolute Gasteiger partial charge is 0.507 e. The molecule has 170 valence electrons. The molecule has 2 aromatic heterocycles. The molecule has 10 heteroatoms. The number of pyridine rings is 2.